The van der Waals surface area contributed by atoms with Gasteiger partial charge in [-0.05, 0) is 31.5 Å². The van der Waals surface area contributed by atoms with Crippen molar-refractivity contribution in [2.45, 2.75) is 19.8 Å². The van der Waals surface area contributed by atoms with E-state index in [-0.39, 0.29) is 17.1 Å². The summed E-state index contributed by atoms with van der Waals surface area (Å²) in [5.41, 5.74) is 9.99. The van der Waals surface area contributed by atoms with Gasteiger partial charge in [-0.3, -0.25) is 10.1 Å². The van der Waals surface area contributed by atoms with Crippen LogP contribution in [0, 0.1) is 35.3 Å². The molecule has 0 spiro atoms. The van der Waals surface area contributed by atoms with Crippen molar-refractivity contribution < 1.29 is 9.66 Å². The number of nitro groups is 1. The number of benzene rings is 2. The Labute approximate surface area is 166 Å². The van der Waals surface area contributed by atoms with Gasteiger partial charge in [-0.25, -0.2) is 4.68 Å². The minimum Gasteiger partial charge on any atom is -0.422 e. The van der Waals surface area contributed by atoms with Crippen LogP contribution < -0.4 is 10.5 Å². The van der Waals surface area contributed by atoms with Gasteiger partial charge in [-0.1, -0.05) is 29.8 Å². The number of hydrogen-bond donors (Lipinski definition) is 1. The second-order valence-electron chi connectivity index (χ2n) is 6.83. The smallest absolute Gasteiger partial charge is 0.269 e. The van der Waals surface area contributed by atoms with E-state index in [1.54, 1.807) is 16.8 Å². The van der Waals surface area contributed by atoms with E-state index in [9.17, 15) is 15.4 Å². The molecule has 0 saturated carbocycles. The molecule has 4 rings (SSSR count). The van der Waals surface area contributed by atoms with Crippen LogP contribution >= 0.6 is 0 Å². The average molecular weight is 387 g/mol. The van der Waals surface area contributed by atoms with Gasteiger partial charge in [0.25, 0.3) is 5.69 Å². The normalized spacial score (nSPS) is 15.4. The number of rotatable bonds is 3. The molecule has 2 aromatic carbocycles. The monoisotopic (exact) mass is 387 g/mol. The lowest BCUT2D eigenvalue weighted by Crippen LogP contribution is -2.22. The molecule has 29 heavy (non-hydrogen) atoms. The summed E-state index contributed by atoms with van der Waals surface area (Å²) in [5, 5.41) is 25.6. The van der Waals surface area contributed by atoms with Crippen molar-refractivity contribution in [3.8, 4) is 17.6 Å². The first-order valence-electron chi connectivity index (χ1n) is 8.89. The number of nitrogens with two attached hydrogens (primary N) is 1. The second kappa shape index (κ2) is 6.80. The number of aromatic nitrogens is 2. The van der Waals surface area contributed by atoms with Crippen LogP contribution in [0.2, 0.25) is 0 Å². The Bertz CT molecular complexity index is 1200. The number of aryl methyl sites for hydroxylation is 2. The fourth-order valence-corrected chi connectivity index (χ4v) is 3.53. The molecule has 0 amide bonds. The van der Waals surface area contributed by atoms with Crippen LogP contribution in [0.15, 0.2) is 60.0 Å². The van der Waals surface area contributed by atoms with E-state index < -0.39 is 10.8 Å². The molecule has 0 saturated heterocycles. The van der Waals surface area contributed by atoms with Gasteiger partial charge in [0.1, 0.15) is 11.6 Å². The number of nitro benzene ring substituents is 1. The first kappa shape index (κ1) is 18.3. The van der Waals surface area contributed by atoms with Gasteiger partial charge in [-0.2, -0.15) is 10.4 Å². The minimum absolute atomic E-state index is 0.0373. The molecule has 0 fully saturated rings. The molecular weight excluding hydrogens is 370 g/mol. The number of hydrogen-bond acceptors (Lipinski definition) is 6. The van der Waals surface area contributed by atoms with Crippen LogP contribution in [-0.4, -0.2) is 14.7 Å². The maximum Gasteiger partial charge on any atom is 0.269 e. The van der Waals surface area contributed by atoms with Crippen molar-refractivity contribution >= 4 is 5.69 Å². The Balaban J connectivity index is 1.94. The summed E-state index contributed by atoms with van der Waals surface area (Å²) in [5.74, 6) is -0.244. The van der Waals surface area contributed by atoms with Crippen molar-refractivity contribution in [2.75, 3.05) is 0 Å². The van der Waals surface area contributed by atoms with Crippen LogP contribution in [0.3, 0.4) is 0 Å². The first-order valence-corrected chi connectivity index (χ1v) is 8.89. The molecule has 2 N–H and O–H groups in total. The number of allylic oxidation sites excluding steroid dienone is 1. The second-order valence-corrected chi connectivity index (χ2v) is 6.83. The van der Waals surface area contributed by atoms with Crippen LogP contribution in [0.25, 0.3) is 5.69 Å². The Hall–Kier alpha value is -4.12. The summed E-state index contributed by atoms with van der Waals surface area (Å²) >= 11 is 0. The van der Waals surface area contributed by atoms with Crippen molar-refractivity contribution in [1.29, 1.82) is 5.26 Å². The third kappa shape index (κ3) is 2.99. The van der Waals surface area contributed by atoms with E-state index in [1.807, 2.05) is 38.1 Å². The fraction of sp³-hybridized carbons (Fsp3) is 0.143. The van der Waals surface area contributed by atoms with Gasteiger partial charge in [0.05, 0.1) is 27.8 Å². The van der Waals surface area contributed by atoms with Crippen LogP contribution in [-0.2, 0) is 0 Å². The SMILES string of the molecule is Cc1ccc(-n2nc(C)c3c2OC(N)=C(C#N)C3c2cccc([N+](=O)[O-])c2)cc1. The Morgan fingerprint density at radius 3 is 2.62 bits per heavy atom. The maximum absolute atomic E-state index is 11.2. The third-order valence-electron chi connectivity index (χ3n) is 4.93. The molecule has 0 aliphatic carbocycles. The van der Waals surface area contributed by atoms with Gasteiger partial charge in [-0.15, -0.1) is 0 Å². The molecule has 1 atom stereocenters. The maximum atomic E-state index is 11.2. The lowest BCUT2D eigenvalue weighted by Gasteiger charge is -2.24. The van der Waals surface area contributed by atoms with Crippen molar-refractivity contribution in [2.24, 2.45) is 5.73 Å². The summed E-state index contributed by atoms with van der Waals surface area (Å²) in [6.07, 6.45) is 0. The Morgan fingerprint density at radius 2 is 1.97 bits per heavy atom. The van der Waals surface area contributed by atoms with Gasteiger partial charge in [0.15, 0.2) is 0 Å². The number of fused-ring (bicyclic) bond motifs is 1. The molecule has 0 radical (unpaired) electrons. The molecule has 0 bridgehead atoms. The third-order valence-corrected chi connectivity index (χ3v) is 4.93. The molecule has 1 aliphatic rings. The van der Waals surface area contributed by atoms with Gasteiger partial charge >= 0.3 is 0 Å². The van der Waals surface area contributed by atoms with E-state index in [0.717, 1.165) is 11.3 Å². The molecule has 2 heterocycles. The fourth-order valence-electron chi connectivity index (χ4n) is 3.53. The number of non-ortho nitro benzene ring substituents is 1. The van der Waals surface area contributed by atoms with E-state index in [1.165, 1.54) is 12.1 Å². The Kier molecular flexibility index (Phi) is 4.28. The standard InChI is InChI=1S/C21H17N5O3/c1-12-6-8-15(9-7-12)25-21-18(13(2)24-25)19(17(11-22)20(23)29-21)14-4-3-5-16(10-14)26(27)28/h3-10,19H,23H2,1-2H3. The molecule has 1 aliphatic heterocycles. The zero-order chi connectivity index (χ0) is 20.7. The van der Waals surface area contributed by atoms with Gasteiger partial charge in [0.2, 0.25) is 11.8 Å². The predicted octanol–water partition coefficient (Wildman–Crippen LogP) is 3.62. The number of nitrogens with zero attached hydrogens (tertiary/aromatic N) is 4. The molecular formula is C21H17N5O3. The highest BCUT2D eigenvalue weighted by Gasteiger charge is 2.36. The zero-order valence-electron chi connectivity index (χ0n) is 15.8. The molecule has 8 heteroatoms. The van der Waals surface area contributed by atoms with E-state index in [2.05, 4.69) is 11.2 Å². The Morgan fingerprint density at radius 1 is 1.24 bits per heavy atom. The van der Waals surface area contributed by atoms with E-state index >= 15 is 0 Å². The van der Waals surface area contributed by atoms with Gasteiger partial charge in [0, 0.05) is 12.1 Å². The first-order chi connectivity index (χ1) is 13.9. The van der Waals surface area contributed by atoms with E-state index in [4.69, 9.17) is 10.5 Å². The molecule has 144 valence electrons. The average Bonchev–Trinajstić information content (AvgIpc) is 3.03. The highest BCUT2D eigenvalue weighted by molar-refractivity contribution is 5.58. The highest BCUT2D eigenvalue weighted by atomic mass is 16.6. The summed E-state index contributed by atoms with van der Waals surface area (Å²) in [6.45, 7) is 3.80. The summed E-state index contributed by atoms with van der Waals surface area (Å²) in [7, 11) is 0. The van der Waals surface area contributed by atoms with Crippen LogP contribution in [0.5, 0.6) is 5.88 Å². The van der Waals surface area contributed by atoms with Crippen molar-refractivity contribution in [1.82, 2.24) is 9.78 Å². The van der Waals surface area contributed by atoms with E-state index in [0.29, 0.717) is 22.7 Å². The number of ether oxygens (including phenoxy) is 1. The summed E-state index contributed by atoms with van der Waals surface area (Å²) < 4.78 is 7.44. The van der Waals surface area contributed by atoms with Gasteiger partial charge < -0.3 is 10.5 Å². The lowest BCUT2D eigenvalue weighted by molar-refractivity contribution is -0.384. The molecule has 8 nitrogen and oxygen atoms in total. The predicted molar refractivity (Wildman–Crippen MR) is 105 cm³/mol. The summed E-state index contributed by atoms with van der Waals surface area (Å²) in [4.78, 5) is 10.8. The van der Waals surface area contributed by atoms with Crippen molar-refractivity contribution in [3.05, 3.63) is 92.5 Å². The molecule has 1 unspecified atom stereocenters. The van der Waals surface area contributed by atoms with Crippen molar-refractivity contribution in [3.63, 3.8) is 0 Å². The highest BCUT2D eigenvalue weighted by Crippen LogP contribution is 2.45. The quantitative estimate of drug-likeness (QED) is 0.541. The zero-order valence-corrected chi connectivity index (χ0v) is 15.8. The topological polar surface area (TPSA) is 120 Å². The lowest BCUT2D eigenvalue weighted by atomic mass is 9.84. The van der Waals surface area contributed by atoms with Crippen LogP contribution in [0.1, 0.15) is 28.3 Å². The summed E-state index contributed by atoms with van der Waals surface area (Å²) in [6, 6.07) is 16.0. The van der Waals surface area contributed by atoms with Crippen LogP contribution in [0.4, 0.5) is 5.69 Å². The molecule has 1 aromatic heterocycles. The minimum atomic E-state index is -0.608. The molecule has 3 aromatic rings. The largest absolute Gasteiger partial charge is 0.422 e. The number of nitriles is 1.